The lowest BCUT2D eigenvalue weighted by molar-refractivity contribution is -0.133. The Kier molecular flexibility index (Phi) is 3.80. The first-order valence-electron chi connectivity index (χ1n) is 5.53. The van der Waals surface area contributed by atoms with Crippen molar-refractivity contribution in [3.8, 4) is 0 Å². The largest absolute Gasteiger partial charge is 0.477 e. The van der Waals surface area contributed by atoms with Gasteiger partial charge in [-0.3, -0.25) is 4.79 Å². The number of carboxylic acid groups (broad SMARTS) is 1. The zero-order chi connectivity index (χ0) is 14.0. The molecule has 0 aromatic heterocycles. The van der Waals surface area contributed by atoms with Crippen LogP contribution in [0.4, 0.5) is 4.39 Å². The highest BCUT2D eigenvalue weighted by Crippen LogP contribution is 2.21. The molecule has 1 aromatic carbocycles. The van der Waals surface area contributed by atoms with Gasteiger partial charge in [-0.1, -0.05) is 23.7 Å². The summed E-state index contributed by atoms with van der Waals surface area (Å²) in [5.74, 6) is -2.15. The highest BCUT2D eigenvalue weighted by atomic mass is 35.5. The first-order valence-corrected chi connectivity index (χ1v) is 5.91. The van der Waals surface area contributed by atoms with E-state index < -0.39 is 11.8 Å². The van der Waals surface area contributed by atoms with E-state index in [4.69, 9.17) is 16.7 Å². The fraction of sp³-hybridized carbons (Fsp3) is 0.250. The second-order valence-corrected chi connectivity index (χ2v) is 4.42. The van der Waals surface area contributed by atoms with Gasteiger partial charge in [0.2, 0.25) is 5.91 Å². The van der Waals surface area contributed by atoms with E-state index in [1.807, 2.05) is 0 Å². The second-order valence-electron chi connectivity index (χ2n) is 4.02. The predicted octanol–water partition coefficient (Wildman–Crippen LogP) is 2.04. The number of benzene rings is 1. The van der Waals surface area contributed by atoms with Crippen LogP contribution in [0.25, 0.3) is 0 Å². The molecule has 100 valence electrons. The van der Waals surface area contributed by atoms with Crippen LogP contribution in [0.15, 0.2) is 23.3 Å². The zero-order valence-corrected chi connectivity index (χ0v) is 10.5. The summed E-state index contributed by atoms with van der Waals surface area (Å²) in [4.78, 5) is 22.4. The van der Waals surface area contributed by atoms with E-state index in [-0.39, 0.29) is 41.6 Å². The van der Waals surface area contributed by atoms with E-state index >= 15 is 0 Å². The summed E-state index contributed by atoms with van der Waals surface area (Å²) in [5.41, 5.74) is 0.0817. The number of carbonyl (C=O) groups excluding carboxylic acids is 1. The number of hydrazone groups is 1. The SMILES string of the molecule is O=C(O)C1=NN(Cc2cccc(Cl)c2F)C(=O)CC1. The van der Waals surface area contributed by atoms with Crippen molar-refractivity contribution in [2.75, 3.05) is 0 Å². The second kappa shape index (κ2) is 5.36. The van der Waals surface area contributed by atoms with Crippen molar-refractivity contribution in [1.29, 1.82) is 0 Å². The van der Waals surface area contributed by atoms with Crippen LogP contribution in [0, 0.1) is 5.82 Å². The van der Waals surface area contributed by atoms with Crippen molar-refractivity contribution in [2.24, 2.45) is 5.10 Å². The Hall–Kier alpha value is -1.95. The highest BCUT2D eigenvalue weighted by Gasteiger charge is 2.25. The molecule has 0 spiro atoms. The minimum absolute atomic E-state index is 0.0489. The van der Waals surface area contributed by atoms with Gasteiger partial charge >= 0.3 is 5.97 Å². The number of halogens is 2. The van der Waals surface area contributed by atoms with Crippen LogP contribution in [-0.4, -0.2) is 27.7 Å². The fourth-order valence-electron chi connectivity index (χ4n) is 1.71. The molecule has 0 atom stereocenters. The Morgan fingerprint density at radius 2 is 2.21 bits per heavy atom. The van der Waals surface area contributed by atoms with Gasteiger partial charge in [0, 0.05) is 18.4 Å². The Balaban J connectivity index is 2.26. The third kappa shape index (κ3) is 2.90. The van der Waals surface area contributed by atoms with Crippen molar-refractivity contribution in [1.82, 2.24) is 5.01 Å². The molecule has 1 aliphatic heterocycles. The number of rotatable bonds is 3. The average molecular weight is 285 g/mol. The topological polar surface area (TPSA) is 70.0 Å². The van der Waals surface area contributed by atoms with Crippen LogP contribution < -0.4 is 0 Å². The van der Waals surface area contributed by atoms with Crippen LogP contribution in [0.1, 0.15) is 18.4 Å². The molecule has 7 heteroatoms. The van der Waals surface area contributed by atoms with Gasteiger partial charge in [-0.15, -0.1) is 0 Å². The molecule has 0 radical (unpaired) electrons. The molecule has 19 heavy (non-hydrogen) atoms. The Morgan fingerprint density at radius 1 is 1.47 bits per heavy atom. The lowest BCUT2D eigenvalue weighted by atomic mass is 10.1. The van der Waals surface area contributed by atoms with Crippen LogP contribution >= 0.6 is 11.6 Å². The third-order valence-electron chi connectivity index (χ3n) is 2.70. The maximum absolute atomic E-state index is 13.7. The summed E-state index contributed by atoms with van der Waals surface area (Å²) >= 11 is 5.64. The Bertz CT molecular complexity index is 574. The molecule has 0 saturated carbocycles. The number of amides is 1. The van der Waals surface area contributed by atoms with Crippen LogP contribution in [0.2, 0.25) is 5.02 Å². The van der Waals surface area contributed by atoms with E-state index in [0.29, 0.717) is 0 Å². The van der Waals surface area contributed by atoms with Crippen molar-refractivity contribution >= 4 is 29.2 Å². The van der Waals surface area contributed by atoms with Crippen molar-refractivity contribution in [3.05, 3.63) is 34.6 Å². The average Bonchev–Trinajstić information content (AvgIpc) is 2.37. The molecule has 0 saturated heterocycles. The number of hydrogen-bond acceptors (Lipinski definition) is 3. The molecule has 1 aliphatic rings. The van der Waals surface area contributed by atoms with Crippen LogP contribution in [0.5, 0.6) is 0 Å². The predicted molar refractivity (Wildman–Crippen MR) is 66.3 cm³/mol. The van der Waals surface area contributed by atoms with Gasteiger partial charge < -0.3 is 5.11 Å². The number of hydrogen-bond donors (Lipinski definition) is 1. The van der Waals surface area contributed by atoms with Gasteiger partial charge in [-0.05, 0) is 6.07 Å². The van der Waals surface area contributed by atoms with Gasteiger partial charge in [0.25, 0.3) is 0 Å². The van der Waals surface area contributed by atoms with Gasteiger partial charge in [0.15, 0.2) is 0 Å². The summed E-state index contributed by atoms with van der Waals surface area (Å²) in [7, 11) is 0. The molecule has 1 N–H and O–H groups in total. The van der Waals surface area contributed by atoms with Crippen molar-refractivity contribution < 1.29 is 19.1 Å². The first-order chi connectivity index (χ1) is 8.99. The summed E-state index contributed by atoms with van der Waals surface area (Å²) < 4.78 is 13.7. The summed E-state index contributed by atoms with van der Waals surface area (Å²) in [6, 6.07) is 4.42. The fourth-order valence-corrected chi connectivity index (χ4v) is 1.91. The van der Waals surface area contributed by atoms with Gasteiger partial charge in [0.1, 0.15) is 11.5 Å². The number of carbonyl (C=O) groups is 2. The molecule has 0 unspecified atom stereocenters. The minimum atomic E-state index is -1.18. The lowest BCUT2D eigenvalue weighted by Crippen LogP contribution is -2.34. The molecular formula is C12H10ClFN2O3. The molecule has 1 heterocycles. The minimum Gasteiger partial charge on any atom is -0.477 e. The molecule has 0 aliphatic carbocycles. The van der Waals surface area contributed by atoms with Crippen molar-refractivity contribution in [3.63, 3.8) is 0 Å². The maximum Gasteiger partial charge on any atom is 0.352 e. The molecule has 0 bridgehead atoms. The quantitative estimate of drug-likeness (QED) is 0.923. The molecule has 5 nitrogen and oxygen atoms in total. The molecule has 2 rings (SSSR count). The standard InChI is InChI=1S/C12H10ClFN2O3/c13-8-3-1-2-7(11(8)14)6-16-10(17)5-4-9(15-16)12(18)19/h1-3H,4-6H2,(H,18,19). The smallest absolute Gasteiger partial charge is 0.352 e. The molecule has 1 amide bonds. The van der Waals surface area contributed by atoms with Gasteiger partial charge in [0.05, 0.1) is 11.6 Å². The van der Waals surface area contributed by atoms with Crippen LogP contribution in [0.3, 0.4) is 0 Å². The normalized spacial score (nSPS) is 15.4. The van der Waals surface area contributed by atoms with Crippen molar-refractivity contribution in [2.45, 2.75) is 19.4 Å². The summed E-state index contributed by atoms with van der Waals surface area (Å²) in [6.07, 6.45) is 0.135. The van der Waals surface area contributed by atoms with Crippen LogP contribution in [-0.2, 0) is 16.1 Å². The Labute approximate surface area is 113 Å². The molecule has 0 fully saturated rings. The van der Waals surface area contributed by atoms with E-state index in [2.05, 4.69) is 5.10 Å². The number of aliphatic carboxylic acids is 1. The monoisotopic (exact) mass is 284 g/mol. The maximum atomic E-state index is 13.7. The first kappa shape index (κ1) is 13.5. The summed E-state index contributed by atoms with van der Waals surface area (Å²) in [5, 5.41) is 13.5. The molecule has 1 aromatic rings. The van der Waals surface area contributed by atoms with E-state index in [1.165, 1.54) is 12.1 Å². The number of carboxylic acids is 1. The Morgan fingerprint density at radius 3 is 2.89 bits per heavy atom. The van der Waals surface area contributed by atoms with E-state index in [9.17, 15) is 14.0 Å². The lowest BCUT2D eigenvalue weighted by Gasteiger charge is -2.22. The van der Waals surface area contributed by atoms with Gasteiger partial charge in [-0.2, -0.15) is 5.10 Å². The third-order valence-corrected chi connectivity index (χ3v) is 3.00. The van der Waals surface area contributed by atoms with Gasteiger partial charge in [-0.25, -0.2) is 14.2 Å². The van der Waals surface area contributed by atoms with E-state index in [1.54, 1.807) is 6.07 Å². The zero-order valence-electron chi connectivity index (χ0n) is 9.77. The molecular weight excluding hydrogens is 275 g/mol. The number of nitrogens with zero attached hydrogens (tertiary/aromatic N) is 2. The summed E-state index contributed by atoms with van der Waals surface area (Å²) in [6.45, 7) is -0.137. The highest BCUT2D eigenvalue weighted by molar-refractivity contribution is 6.36. The van der Waals surface area contributed by atoms with E-state index in [0.717, 1.165) is 5.01 Å².